The highest BCUT2D eigenvalue weighted by Crippen LogP contribution is 2.18. The number of hydrogen-bond donors (Lipinski definition) is 1. The van der Waals surface area contributed by atoms with Crippen molar-refractivity contribution in [3.8, 4) is 0 Å². The van der Waals surface area contributed by atoms with Crippen LogP contribution in [0.3, 0.4) is 0 Å². The van der Waals surface area contributed by atoms with Crippen molar-refractivity contribution in [1.82, 2.24) is 20.1 Å². The fraction of sp³-hybridized carbons (Fsp3) is 0.588. The maximum atomic E-state index is 12.3. The Morgan fingerprint density at radius 1 is 1.21 bits per heavy atom. The lowest BCUT2D eigenvalue weighted by atomic mass is 9.96. The van der Waals surface area contributed by atoms with Crippen LogP contribution in [-0.2, 0) is 11.3 Å². The summed E-state index contributed by atoms with van der Waals surface area (Å²) in [6.07, 6.45) is 1.41. The van der Waals surface area contributed by atoms with Crippen molar-refractivity contribution in [3.05, 3.63) is 23.9 Å². The molecule has 1 aliphatic rings. The lowest BCUT2D eigenvalue weighted by molar-refractivity contribution is -0.126. The van der Waals surface area contributed by atoms with E-state index in [0.29, 0.717) is 32.5 Å². The van der Waals surface area contributed by atoms with Crippen LogP contribution in [0.2, 0.25) is 0 Å². The van der Waals surface area contributed by atoms with E-state index < -0.39 is 0 Å². The van der Waals surface area contributed by atoms with E-state index in [0.717, 1.165) is 11.5 Å². The number of carbonyl (C=O) groups is 2. The molecule has 0 saturated carbocycles. The van der Waals surface area contributed by atoms with Crippen LogP contribution in [0.25, 0.3) is 0 Å². The Balaban J connectivity index is 1.82. The average Bonchev–Trinajstić information content (AvgIpc) is 2.59. The molecule has 0 atom stereocenters. The first kappa shape index (κ1) is 18.0. The molecule has 1 aliphatic heterocycles. The number of rotatable bonds is 4. The van der Waals surface area contributed by atoms with Crippen molar-refractivity contribution in [1.29, 1.82) is 0 Å². The number of pyridine rings is 1. The van der Waals surface area contributed by atoms with E-state index in [2.05, 4.69) is 10.3 Å². The standard InChI is InChI=1S/C17H27N5O2/c1-20(2)15-7-5-6-14(19-15)12-18-16(23)13-8-10-22(11-9-13)17(24)21(3)4/h5-7,13H,8-12H2,1-4H3,(H,18,23). The van der Waals surface area contributed by atoms with Crippen LogP contribution in [0.15, 0.2) is 18.2 Å². The second kappa shape index (κ2) is 7.99. The van der Waals surface area contributed by atoms with Crippen molar-refractivity contribution in [2.75, 3.05) is 46.2 Å². The highest BCUT2D eigenvalue weighted by Gasteiger charge is 2.27. The van der Waals surface area contributed by atoms with Gasteiger partial charge in [-0.3, -0.25) is 4.79 Å². The summed E-state index contributed by atoms with van der Waals surface area (Å²) in [5, 5.41) is 2.97. The van der Waals surface area contributed by atoms with Crippen LogP contribution in [0, 0.1) is 5.92 Å². The summed E-state index contributed by atoms with van der Waals surface area (Å²) in [4.78, 5) is 34.0. The third kappa shape index (κ3) is 4.59. The number of hydrogen-bond acceptors (Lipinski definition) is 4. The molecule has 0 aromatic carbocycles. The minimum atomic E-state index is -0.0340. The molecule has 24 heavy (non-hydrogen) atoms. The molecule has 1 aromatic heterocycles. The van der Waals surface area contributed by atoms with Crippen LogP contribution in [0.4, 0.5) is 10.6 Å². The Labute approximate surface area is 143 Å². The normalized spacial score (nSPS) is 15.1. The average molecular weight is 333 g/mol. The molecule has 0 radical (unpaired) electrons. The van der Waals surface area contributed by atoms with Gasteiger partial charge in [0.05, 0.1) is 12.2 Å². The van der Waals surface area contributed by atoms with E-state index in [1.54, 1.807) is 23.9 Å². The van der Waals surface area contributed by atoms with E-state index >= 15 is 0 Å². The van der Waals surface area contributed by atoms with E-state index in [1.165, 1.54) is 0 Å². The lowest BCUT2D eigenvalue weighted by Gasteiger charge is -2.33. The zero-order valence-corrected chi connectivity index (χ0v) is 15.0. The Kier molecular flexibility index (Phi) is 6.00. The Hall–Kier alpha value is -2.31. The maximum Gasteiger partial charge on any atom is 0.319 e. The molecule has 2 heterocycles. The summed E-state index contributed by atoms with van der Waals surface area (Å²) in [7, 11) is 7.37. The molecule has 3 amide bonds. The van der Waals surface area contributed by atoms with Gasteiger partial charge < -0.3 is 20.0 Å². The van der Waals surface area contributed by atoms with E-state index in [4.69, 9.17) is 0 Å². The molecule has 2 rings (SSSR count). The van der Waals surface area contributed by atoms with Crippen LogP contribution < -0.4 is 10.2 Å². The molecule has 0 unspecified atom stereocenters. The number of anilines is 1. The van der Waals surface area contributed by atoms with E-state index in [1.807, 2.05) is 37.2 Å². The topological polar surface area (TPSA) is 68.8 Å². The number of piperidine rings is 1. The minimum absolute atomic E-state index is 0.0126. The summed E-state index contributed by atoms with van der Waals surface area (Å²) >= 11 is 0. The molecule has 0 bridgehead atoms. The number of likely N-dealkylation sites (tertiary alicyclic amines) is 1. The van der Waals surface area contributed by atoms with Gasteiger partial charge in [-0.1, -0.05) is 6.07 Å². The number of urea groups is 1. The summed E-state index contributed by atoms with van der Waals surface area (Å²) in [6.45, 7) is 1.68. The fourth-order valence-electron chi connectivity index (χ4n) is 2.75. The van der Waals surface area contributed by atoms with Crippen molar-refractivity contribution >= 4 is 17.8 Å². The van der Waals surface area contributed by atoms with Gasteiger partial charge in [0.2, 0.25) is 5.91 Å². The van der Waals surface area contributed by atoms with Crippen LogP contribution in [0.1, 0.15) is 18.5 Å². The molecule has 1 fully saturated rings. The van der Waals surface area contributed by atoms with Gasteiger partial charge in [-0.2, -0.15) is 0 Å². The largest absolute Gasteiger partial charge is 0.363 e. The molecular weight excluding hydrogens is 306 g/mol. The van der Waals surface area contributed by atoms with Gasteiger partial charge in [-0.05, 0) is 25.0 Å². The predicted octanol–water partition coefficient (Wildman–Crippen LogP) is 1.16. The molecular formula is C17H27N5O2. The molecule has 0 spiro atoms. The van der Waals surface area contributed by atoms with Crippen molar-refractivity contribution in [2.45, 2.75) is 19.4 Å². The highest BCUT2D eigenvalue weighted by molar-refractivity contribution is 5.79. The fourth-order valence-corrected chi connectivity index (χ4v) is 2.75. The van der Waals surface area contributed by atoms with E-state index in [9.17, 15) is 9.59 Å². The molecule has 0 aliphatic carbocycles. The molecule has 132 valence electrons. The molecule has 7 nitrogen and oxygen atoms in total. The van der Waals surface area contributed by atoms with E-state index in [-0.39, 0.29) is 17.9 Å². The SMILES string of the molecule is CN(C)C(=O)N1CCC(C(=O)NCc2cccc(N(C)C)n2)CC1. The number of aromatic nitrogens is 1. The van der Waals surface area contributed by atoms with Gasteiger partial charge in [-0.25, -0.2) is 9.78 Å². The molecule has 1 saturated heterocycles. The van der Waals surface area contributed by atoms with Crippen LogP contribution in [0.5, 0.6) is 0 Å². The van der Waals surface area contributed by atoms with Gasteiger partial charge >= 0.3 is 6.03 Å². The van der Waals surface area contributed by atoms with Crippen LogP contribution >= 0.6 is 0 Å². The smallest absolute Gasteiger partial charge is 0.319 e. The molecule has 1 N–H and O–H groups in total. The third-order valence-electron chi connectivity index (χ3n) is 4.21. The summed E-state index contributed by atoms with van der Waals surface area (Å²) < 4.78 is 0. The zero-order valence-electron chi connectivity index (χ0n) is 15.0. The highest BCUT2D eigenvalue weighted by atomic mass is 16.2. The van der Waals surface area contributed by atoms with Crippen molar-refractivity contribution < 1.29 is 9.59 Å². The van der Waals surface area contributed by atoms with Crippen molar-refractivity contribution in [3.63, 3.8) is 0 Å². The predicted molar refractivity (Wildman–Crippen MR) is 93.8 cm³/mol. The van der Waals surface area contributed by atoms with Gasteiger partial charge in [0.1, 0.15) is 5.82 Å². The number of carbonyl (C=O) groups excluding carboxylic acids is 2. The Morgan fingerprint density at radius 2 is 1.88 bits per heavy atom. The van der Waals surface area contributed by atoms with Crippen molar-refractivity contribution in [2.24, 2.45) is 5.92 Å². The zero-order chi connectivity index (χ0) is 17.7. The number of nitrogens with one attached hydrogen (secondary N) is 1. The summed E-state index contributed by atoms with van der Waals surface area (Å²) in [6, 6.07) is 5.79. The van der Waals surface area contributed by atoms with Gasteiger partial charge in [-0.15, -0.1) is 0 Å². The quantitative estimate of drug-likeness (QED) is 0.898. The van der Waals surface area contributed by atoms with Gasteiger partial charge in [0.15, 0.2) is 0 Å². The molecule has 1 aromatic rings. The van der Waals surface area contributed by atoms with Gasteiger partial charge in [0.25, 0.3) is 0 Å². The molecule has 7 heteroatoms. The number of nitrogens with zero attached hydrogens (tertiary/aromatic N) is 4. The van der Waals surface area contributed by atoms with Crippen LogP contribution in [-0.4, -0.2) is 68.0 Å². The summed E-state index contributed by atoms with van der Waals surface area (Å²) in [5.74, 6) is 0.884. The first-order chi connectivity index (χ1) is 11.4. The number of amides is 3. The Bertz CT molecular complexity index is 580. The lowest BCUT2D eigenvalue weighted by Crippen LogP contribution is -2.46. The minimum Gasteiger partial charge on any atom is -0.363 e. The second-order valence-corrected chi connectivity index (χ2v) is 6.54. The first-order valence-electron chi connectivity index (χ1n) is 8.25. The second-order valence-electron chi connectivity index (χ2n) is 6.54. The summed E-state index contributed by atoms with van der Waals surface area (Å²) in [5.41, 5.74) is 0.842. The third-order valence-corrected chi connectivity index (χ3v) is 4.21. The monoisotopic (exact) mass is 333 g/mol. The maximum absolute atomic E-state index is 12.3. The first-order valence-corrected chi connectivity index (χ1v) is 8.25. The Morgan fingerprint density at radius 3 is 2.46 bits per heavy atom. The van der Waals surface area contributed by atoms with Gasteiger partial charge in [0, 0.05) is 47.2 Å².